The minimum Gasteiger partial charge on any atom is -0.240 e. The summed E-state index contributed by atoms with van der Waals surface area (Å²) in [6.07, 6.45) is 0. The predicted octanol–water partition coefficient (Wildman–Crippen LogP) is 2.03. The first kappa shape index (κ1) is 7.06. The van der Waals surface area contributed by atoms with Crippen molar-refractivity contribution >= 4 is 42.1 Å². The van der Waals surface area contributed by atoms with Crippen molar-refractivity contribution in [1.82, 2.24) is 4.31 Å². The summed E-state index contributed by atoms with van der Waals surface area (Å²) in [4.78, 5) is 0. The average molecular weight is 273 g/mol. The molecule has 0 aromatic carbocycles. The molecule has 0 aromatic heterocycles. The molecule has 2 aliphatic rings. The summed E-state index contributed by atoms with van der Waals surface area (Å²) in [5.74, 6) is 2.83. The summed E-state index contributed by atoms with van der Waals surface area (Å²) in [6, 6.07) is 0. The zero-order chi connectivity index (χ0) is 6.32. The van der Waals surface area contributed by atoms with Crippen molar-refractivity contribution in [2.45, 2.75) is 0 Å². The fraction of sp³-hybridized carbons (Fsp3) is 1.00. The molecule has 0 radical (unpaired) electrons. The van der Waals surface area contributed by atoms with Gasteiger partial charge in [0.05, 0.1) is 0 Å². The Hall–Kier alpha value is 1.39. The molecule has 52 valence electrons. The van der Waals surface area contributed by atoms with Gasteiger partial charge in [-0.25, -0.2) is 4.31 Å². The lowest BCUT2D eigenvalue weighted by atomic mass is 9.85. The van der Waals surface area contributed by atoms with Crippen LogP contribution in [0.4, 0.5) is 0 Å². The highest BCUT2D eigenvalue weighted by molar-refractivity contribution is 14.2. The van der Waals surface area contributed by atoms with E-state index in [0.717, 1.165) is 5.41 Å². The minimum atomic E-state index is 0.781. The molecular formula is C5H8INS2. The number of hydrogen-bond acceptors (Lipinski definition) is 3. The van der Waals surface area contributed by atoms with E-state index < -0.39 is 0 Å². The Kier molecular flexibility index (Phi) is 1.93. The van der Waals surface area contributed by atoms with E-state index in [4.69, 9.17) is 0 Å². The first-order valence-electron chi connectivity index (χ1n) is 2.96. The fourth-order valence-electron chi connectivity index (χ4n) is 1.32. The highest BCUT2D eigenvalue weighted by Crippen LogP contribution is 2.48. The van der Waals surface area contributed by atoms with Crippen molar-refractivity contribution in [3.05, 3.63) is 0 Å². The van der Waals surface area contributed by atoms with Gasteiger partial charge in [0.25, 0.3) is 0 Å². The quantitative estimate of drug-likeness (QED) is 0.531. The average Bonchev–Trinajstić information content (AvgIpc) is 1.59. The molecule has 4 heteroatoms. The second-order valence-corrected chi connectivity index (χ2v) is 5.68. The van der Waals surface area contributed by atoms with Gasteiger partial charge in [-0.15, -0.1) is 0 Å². The molecule has 0 saturated carbocycles. The molecule has 2 fully saturated rings. The summed E-state index contributed by atoms with van der Waals surface area (Å²) in [5.41, 5.74) is 0.781. The van der Waals surface area contributed by atoms with E-state index in [1.54, 1.807) is 0 Å². The van der Waals surface area contributed by atoms with Gasteiger partial charge in [0, 0.05) is 51.2 Å². The maximum atomic E-state index is 2.43. The molecule has 2 heterocycles. The topological polar surface area (TPSA) is 3.24 Å². The highest BCUT2D eigenvalue weighted by Gasteiger charge is 2.48. The second kappa shape index (κ2) is 2.46. The largest absolute Gasteiger partial charge is 0.240 e. The molecule has 0 bridgehead atoms. The standard InChI is InChI=1S/C5H8INS2/c6-9-7-1-5(2-7)3-8-4-5/h1-4H2. The summed E-state index contributed by atoms with van der Waals surface area (Å²) in [5, 5.41) is 0. The molecule has 1 spiro atoms. The molecule has 0 aromatic rings. The van der Waals surface area contributed by atoms with Crippen LogP contribution in [0.3, 0.4) is 0 Å². The van der Waals surface area contributed by atoms with Gasteiger partial charge < -0.3 is 0 Å². The summed E-state index contributed by atoms with van der Waals surface area (Å²) in [6.45, 7) is 2.68. The second-order valence-electron chi connectivity index (χ2n) is 2.86. The van der Waals surface area contributed by atoms with E-state index in [0.29, 0.717) is 0 Å². The van der Waals surface area contributed by atoms with Crippen LogP contribution in [0.25, 0.3) is 0 Å². The highest BCUT2D eigenvalue weighted by atomic mass is 127. The molecule has 2 rings (SSSR count). The molecule has 0 unspecified atom stereocenters. The normalized spacial score (nSPS) is 31.7. The Morgan fingerprint density at radius 2 is 2.11 bits per heavy atom. The third kappa shape index (κ3) is 1.12. The maximum absolute atomic E-state index is 2.43. The van der Waals surface area contributed by atoms with E-state index in [1.807, 2.05) is 9.12 Å². The molecule has 0 atom stereocenters. The first-order chi connectivity index (χ1) is 4.35. The van der Waals surface area contributed by atoms with Crippen molar-refractivity contribution in [2.24, 2.45) is 5.41 Å². The van der Waals surface area contributed by atoms with Crippen molar-refractivity contribution in [2.75, 3.05) is 24.6 Å². The molecule has 1 nitrogen and oxygen atoms in total. The van der Waals surface area contributed by atoms with Crippen LogP contribution in [0.15, 0.2) is 0 Å². The number of nitrogens with zero attached hydrogens (tertiary/aromatic N) is 1. The fourth-order valence-corrected chi connectivity index (χ4v) is 3.95. The molecule has 0 amide bonds. The lowest BCUT2D eigenvalue weighted by Crippen LogP contribution is -2.59. The molecule has 0 N–H and O–H groups in total. The lowest BCUT2D eigenvalue weighted by molar-refractivity contribution is 0.124. The maximum Gasteiger partial charge on any atom is 0.0182 e. The van der Waals surface area contributed by atoms with E-state index in [-0.39, 0.29) is 0 Å². The SMILES string of the molecule is ISN1CC2(CSC2)C1. The van der Waals surface area contributed by atoms with Crippen molar-refractivity contribution in [3.63, 3.8) is 0 Å². The third-order valence-electron chi connectivity index (χ3n) is 1.94. The van der Waals surface area contributed by atoms with Gasteiger partial charge in [-0.1, -0.05) is 0 Å². The molecular weight excluding hydrogens is 265 g/mol. The van der Waals surface area contributed by atoms with Gasteiger partial charge >= 0.3 is 0 Å². The lowest BCUT2D eigenvalue weighted by Gasteiger charge is -2.53. The van der Waals surface area contributed by atoms with E-state index in [9.17, 15) is 0 Å². The zero-order valence-corrected chi connectivity index (χ0v) is 8.76. The Morgan fingerprint density at radius 1 is 1.44 bits per heavy atom. The van der Waals surface area contributed by atoms with E-state index in [1.165, 1.54) is 24.6 Å². The number of thioether (sulfide) groups is 1. The minimum absolute atomic E-state index is 0.781. The third-order valence-corrected chi connectivity index (χ3v) is 5.70. The monoisotopic (exact) mass is 273 g/mol. The van der Waals surface area contributed by atoms with Crippen LogP contribution in [-0.2, 0) is 0 Å². The van der Waals surface area contributed by atoms with Crippen LogP contribution in [0.5, 0.6) is 0 Å². The summed E-state index contributed by atoms with van der Waals surface area (Å²) in [7, 11) is 1.86. The Morgan fingerprint density at radius 3 is 2.44 bits per heavy atom. The first-order valence-corrected chi connectivity index (χ1v) is 7.43. The predicted molar refractivity (Wildman–Crippen MR) is 52.9 cm³/mol. The molecule has 2 saturated heterocycles. The number of hydrogen-bond donors (Lipinski definition) is 0. The molecule has 0 aliphatic carbocycles. The van der Waals surface area contributed by atoms with Gasteiger partial charge in [0.15, 0.2) is 0 Å². The van der Waals surface area contributed by atoms with E-state index in [2.05, 4.69) is 37.3 Å². The zero-order valence-electron chi connectivity index (χ0n) is 4.97. The van der Waals surface area contributed by atoms with Crippen molar-refractivity contribution < 1.29 is 0 Å². The van der Waals surface area contributed by atoms with Crippen LogP contribution in [-0.4, -0.2) is 28.9 Å². The van der Waals surface area contributed by atoms with Crippen LogP contribution in [0, 0.1) is 5.41 Å². The Balaban J connectivity index is 1.82. The Labute approximate surface area is 76.0 Å². The smallest absolute Gasteiger partial charge is 0.0182 e. The van der Waals surface area contributed by atoms with Gasteiger partial charge in [-0.3, -0.25) is 0 Å². The van der Waals surface area contributed by atoms with Crippen LogP contribution in [0.2, 0.25) is 0 Å². The molecule has 2 aliphatic heterocycles. The van der Waals surface area contributed by atoms with E-state index >= 15 is 0 Å². The summed E-state index contributed by atoms with van der Waals surface area (Å²) < 4.78 is 2.43. The van der Waals surface area contributed by atoms with Gasteiger partial charge in [0.1, 0.15) is 0 Å². The van der Waals surface area contributed by atoms with Crippen LogP contribution < -0.4 is 0 Å². The molecule has 9 heavy (non-hydrogen) atoms. The van der Waals surface area contributed by atoms with Gasteiger partial charge in [-0.05, 0) is 9.12 Å². The van der Waals surface area contributed by atoms with Gasteiger partial charge in [0.2, 0.25) is 0 Å². The van der Waals surface area contributed by atoms with Crippen LogP contribution in [0.1, 0.15) is 0 Å². The van der Waals surface area contributed by atoms with Crippen LogP contribution >= 0.6 is 42.1 Å². The Bertz CT molecular complexity index is 118. The summed E-state index contributed by atoms with van der Waals surface area (Å²) >= 11 is 4.45. The number of rotatable bonds is 1. The van der Waals surface area contributed by atoms with Crippen molar-refractivity contribution in [1.29, 1.82) is 0 Å². The van der Waals surface area contributed by atoms with Crippen molar-refractivity contribution in [3.8, 4) is 0 Å². The number of halogens is 1. The van der Waals surface area contributed by atoms with Gasteiger partial charge in [-0.2, -0.15) is 11.8 Å².